The van der Waals surface area contributed by atoms with Crippen molar-refractivity contribution in [1.82, 2.24) is 9.55 Å². The van der Waals surface area contributed by atoms with Crippen LogP contribution in [0.5, 0.6) is 5.75 Å². The van der Waals surface area contributed by atoms with Crippen LogP contribution in [0.1, 0.15) is 48.7 Å². The predicted octanol–water partition coefficient (Wildman–Crippen LogP) is 3.16. The van der Waals surface area contributed by atoms with Gasteiger partial charge in [0.25, 0.3) is 0 Å². The van der Waals surface area contributed by atoms with Gasteiger partial charge in [-0.1, -0.05) is 11.6 Å². The van der Waals surface area contributed by atoms with E-state index in [2.05, 4.69) is 9.55 Å². The molecular weight excluding hydrogens is 252 g/mol. The highest BCUT2D eigenvalue weighted by Gasteiger charge is 2.25. The third-order valence-corrected chi connectivity index (χ3v) is 3.68. The van der Waals surface area contributed by atoms with E-state index >= 15 is 0 Å². The van der Waals surface area contributed by atoms with Crippen LogP contribution in [0.15, 0.2) is 30.7 Å². The molecule has 1 unspecified atom stereocenters. The fourth-order valence-electron chi connectivity index (χ4n) is 2.40. The minimum Gasteiger partial charge on any atom is -0.487 e. The fourth-order valence-corrected chi connectivity index (χ4v) is 2.40. The summed E-state index contributed by atoms with van der Waals surface area (Å²) >= 11 is 0. The maximum absolute atomic E-state index is 9.84. The number of hydrogen-bond acceptors (Lipinski definition) is 3. The summed E-state index contributed by atoms with van der Waals surface area (Å²) in [6.45, 7) is 4.26. The lowest BCUT2D eigenvalue weighted by molar-refractivity contribution is 0.189. The van der Waals surface area contributed by atoms with Crippen molar-refractivity contribution < 1.29 is 9.84 Å². The Bertz CT molecular complexity index is 600. The summed E-state index contributed by atoms with van der Waals surface area (Å²) in [6, 6.07) is 6.50. The Balaban J connectivity index is 1.76. The zero-order chi connectivity index (χ0) is 14.1. The number of nitrogens with zero attached hydrogens (tertiary/aromatic N) is 2. The first-order valence-electron chi connectivity index (χ1n) is 7.07. The summed E-state index contributed by atoms with van der Waals surface area (Å²) in [5.41, 5.74) is 3.04. The van der Waals surface area contributed by atoms with E-state index in [9.17, 15) is 5.11 Å². The average Bonchev–Trinajstić information content (AvgIpc) is 3.16. The molecule has 2 aromatic rings. The molecule has 1 aromatic heterocycles. The third kappa shape index (κ3) is 2.70. The molecule has 0 amide bonds. The summed E-state index contributed by atoms with van der Waals surface area (Å²) in [7, 11) is 0. The summed E-state index contributed by atoms with van der Waals surface area (Å²) in [4.78, 5) is 4.20. The van der Waals surface area contributed by atoms with Gasteiger partial charge in [0.2, 0.25) is 0 Å². The zero-order valence-electron chi connectivity index (χ0n) is 11.9. The maximum Gasteiger partial charge on any atom is 0.130 e. The van der Waals surface area contributed by atoms with Gasteiger partial charge in [-0.2, -0.15) is 0 Å². The monoisotopic (exact) mass is 272 g/mol. The van der Waals surface area contributed by atoms with Gasteiger partial charge in [-0.05, 0) is 38.8 Å². The molecule has 3 rings (SSSR count). The lowest BCUT2D eigenvalue weighted by atomic mass is 10.1. The Kier molecular flexibility index (Phi) is 3.49. The molecule has 1 fully saturated rings. The van der Waals surface area contributed by atoms with E-state index in [0.717, 1.165) is 22.6 Å². The van der Waals surface area contributed by atoms with Gasteiger partial charge in [-0.3, -0.25) is 0 Å². The van der Waals surface area contributed by atoms with Crippen LogP contribution < -0.4 is 4.74 Å². The molecule has 1 heterocycles. The minimum atomic E-state index is -0.529. The lowest BCUT2D eigenvalue weighted by Crippen LogP contribution is -2.06. The molecule has 0 bridgehead atoms. The lowest BCUT2D eigenvalue weighted by Gasteiger charge is -2.15. The number of aliphatic hydroxyl groups is 1. The quantitative estimate of drug-likeness (QED) is 0.909. The second kappa shape index (κ2) is 5.29. The van der Waals surface area contributed by atoms with E-state index in [-0.39, 0.29) is 0 Å². The van der Waals surface area contributed by atoms with Crippen molar-refractivity contribution in [3.63, 3.8) is 0 Å². The molecule has 1 aliphatic rings. The third-order valence-electron chi connectivity index (χ3n) is 3.68. The van der Waals surface area contributed by atoms with Crippen LogP contribution in [0.25, 0.3) is 0 Å². The van der Waals surface area contributed by atoms with Crippen molar-refractivity contribution >= 4 is 0 Å². The SMILES string of the molecule is Cc1ccc(OCc2cncn2C2CC2)c(C(C)O)c1. The maximum atomic E-state index is 9.84. The van der Waals surface area contributed by atoms with Crippen LogP contribution in [0, 0.1) is 6.92 Å². The smallest absolute Gasteiger partial charge is 0.130 e. The molecule has 1 aromatic carbocycles. The van der Waals surface area contributed by atoms with Crippen molar-refractivity contribution in [2.75, 3.05) is 0 Å². The van der Waals surface area contributed by atoms with E-state index in [1.54, 1.807) is 6.92 Å². The second-order valence-corrected chi connectivity index (χ2v) is 5.53. The number of aromatic nitrogens is 2. The summed E-state index contributed by atoms with van der Waals surface area (Å²) in [5.74, 6) is 0.745. The number of ether oxygens (including phenoxy) is 1. The van der Waals surface area contributed by atoms with Crippen molar-refractivity contribution in [2.24, 2.45) is 0 Å². The first-order valence-corrected chi connectivity index (χ1v) is 7.07. The van der Waals surface area contributed by atoms with Crippen molar-refractivity contribution in [3.05, 3.63) is 47.5 Å². The minimum absolute atomic E-state index is 0.485. The molecule has 1 aliphatic carbocycles. The van der Waals surface area contributed by atoms with E-state index < -0.39 is 6.10 Å². The number of rotatable bonds is 5. The summed E-state index contributed by atoms with van der Waals surface area (Å²) in [6.07, 6.45) is 5.66. The van der Waals surface area contributed by atoms with Gasteiger partial charge in [-0.25, -0.2) is 4.98 Å². The standard InChI is InChI=1S/C16H20N2O2/c1-11-3-6-16(15(7-11)12(2)19)20-9-14-8-17-10-18(14)13-4-5-13/h3,6-8,10,12-13,19H,4-5,9H2,1-2H3. The normalized spacial score (nSPS) is 16.1. The van der Waals surface area contributed by atoms with Gasteiger partial charge in [0, 0.05) is 11.6 Å². The van der Waals surface area contributed by atoms with Gasteiger partial charge < -0.3 is 14.4 Å². The van der Waals surface area contributed by atoms with Crippen LogP contribution in [-0.2, 0) is 6.61 Å². The van der Waals surface area contributed by atoms with Crippen LogP contribution >= 0.6 is 0 Å². The second-order valence-electron chi connectivity index (χ2n) is 5.53. The van der Waals surface area contributed by atoms with E-state index in [1.807, 2.05) is 37.6 Å². The van der Waals surface area contributed by atoms with Gasteiger partial charge >= 0.3 is 0 Å². The highest BCUT2D eigenvalue weighted by atomic mass is 16.5. The number of hydrogen-bond donors (Lipinski definition) is 1. The topological polar surface area (TPSA) is 47.3 Å². The Morgan fingerprint density at radius 1 is 1.45 bits per heavy atom. The molecule has 0 saturated heterocycles. The highest BCUT2D eigenvalue weighted by molar-refractivity contribution is 5.38. The molecule has 1 saturated carbocycles. The summed E-state index contributed by atoms with van der Waals surface area (Å²) < 4.78 is 8.09. The molecule has 1 atom stereocenters. The Hall–Kier alpha value is -1.81. The van der Waals surface area contributed by atoms with Crippen molar-refractivity contribution in [2.45, 2.75) is 45.4 Å². The van der Waals surface area contributed by atoms with Gasteiger partial charge in [-0.15, -0.1) is 0 Å². The number of aryl methyl sites for hydroxylation is 1. The molecule has 4 nitrogen and oxygen atoms in total. The Morgan fingerprint density at radius 3 is 2.95 bits per heavy atom. The molecule has 0 radical (unpaired) electrons. The Morgan fingerprint density at radius 2 is 2.25 bits per heavy atom. The molecule has 106 valence electrons. The van der Waals surface area contributed by atoms with Gasteiger partial charge in [0.1, 0.15) is 12.4 Å². The first-order chi connectivity index (χ1) is 9.65. The highest BCUT2D eigenvalue weighted by Crippen LogP contribution is 2.36. The van der Waals surface area contributed by atoms with Crippen LogP contribution in [0.2, 0.25) is 0 Å². The van der Waals surface area contributed by atoms with E-state index in [0.29, 0.717) is 12.6 Å². The molecule has 20 heavy (non-hydrogen) atoms. The van der Waals surface area contributed by atoms with Crippen LogP contribution in [-0.4, -0.2) is 14.7 Å². The predicted molar refractivity (Wildman–Crippen MR) is 76.6 cm³/mol. The molecular formula is C16H20N2O2. The van der Waals surface area contributed by atoms with Crippen LogP contribution in [0.3, 0.4) is 0 Å². The van der Waals surface area contributed by atoms with Crippen LogP contribution in [0.4, 0.5) is 0 Å². The van der Waals surface area contributed by atoms with E-state index in [4.69, 9.17) is 4.74 Å². The molecule has 0 aliphatic heterocycles. The molecule has 4 heteroatoms. The van der Waals surface area contributed by atoms with E-state index in [1.165, 1.54) is 12.8 Å². The zero-order valence-corrected chi connectivity index (χ0v) is 11.9. The number of benzene rings is 1. The summed E-state index contributed by atoms with van der Waals surface area (Å²) in [5, 5.41) is 9.84. The van der Waals surface area contributed by atoms with Crippen molar-refractivity contribution in [1.29, 1.82) is 0 Å². The number of aliphatic hydroxyl groups excluding tert-OH is 1. The molecule has 0 spiro atoms. The average molecular weight is 272 g/mol. The Labute approximate surface area is 119 Å². The van der Waals surface area contributed by atoms with Gasteiger partial charge in [0.05, 0.1) is 24.3 Å². The van der Waals surface area contributed by atoms with Crippen molar-refractivity contribution in [3.8, 4) is 5.75 Å². The molecule has 1 N–H and O–H groups in total. The fraction of sp³-hybridized carbons (Fsp3) is 0.438. The number of imidazole rings is 1. The first kappa shape index (κ1) is 13.2. The van der Waals surface area contributed by atoms with Gasteiger partial charge in [0.15, 0.2) is 0 Å². The largest absolute Gasteiger partial charge is 0.487 e.